The molecule has 2 amide bonds. The van der Waals surface area contributed by atoms with Gasteiger partial charge in [0.2, 0.25) is 0 Å². The summed E-state index contributed by atoms with van der Waals surface area (Å²) in [7, 11) is 0. The Hall–Kier alpha value is -1.55. The van der Waals surface area contributed by atoms with Crippen molar-refractivity contribution < 1.29 is 9.90 Å². The average molecular weight is 276 g/mol. The summed E-state index contributed by atoms with van der Waals surface area (Å²) in [6.07, 6.45) is 1.42. The molecule has 0 radical (unpaired) electrons. The van der Waals surface area contributed by atoms with Crippen molar-refractivity contribution in [2.45, 2.75) is 39.3 Å². The summed E-state index contributed by atoms with van der Waals surface area (Å²) in [4.78, 5) is 13.8. The number of nitrogens with one attached hydrogen (secondary N) is 1. The van der Waals surface area contributed by atoms with E-state index in [2.05, 4.69) is 18.3 Å². The number of urea groups is 1. The minimum atomic E-state index is -0.405. The molecule has 0 aromatic heterocycles. The molecule has 4 heteroatoms. The molecule has 2 unspecified atom stereocenters. The molecular formula is C16H24N2O2. The number of β-amino-alcohol motifs (C(OH)–C–C–N with tert-alkyl or cyclic N) is 1. The lowest BCUT2D eigenvalue weighted by Gasteiger charge is -2.34. The van der Waals surface area contributed by atoms with E-state index in [1.54, 1.807) is 4.90 Å². The van der Waals surface area contributed by atoms with Gasteiger partial charge in [-0.05, 0) is 29.9 Å². The Morgan fingerprint density at radius 2 is 2.10 bits per heavy atom. The second-order valence-corrected chi connectivity index (χ2v) is 5.56. The number of rotatable bonds is 3. The first-order valence-electron chi connectivity index (χ1n) is 7.39. The number of nitrogens with zero attached hydrogens (tertiary/aromatic N) is 1. The number of hydrogen-bond donors (Lipinski definition) is 2. The Morgan fingerprint density at radius 3 is 2.75 bits per heavy atom. The Labute approximate surface area is 120 Å². The van der Waals surface area contributed by atoms with Crippen LogP contribution < -0.4 is 5.32 Å². The summed E-state index contributed by atoms with van der Waals surface area (Å²) in [6, 6.07) is 8.07. The molecule has 1 heterocycles. The van der Waals surface area contributed by atoms with Gasteiger partial charge in [-0.1, -0.05) is 38.1 Å². The fourth-order valence-electron chi connectivity index (χ4n) is 2.59. The van der Waals surface area contributed by atoms with Gasteiger partial charge in [0.25, 0.3) is 0 Å². The number of likely N-dealkylation sites (tertiary alicyclic amines) is 1. The van der Waals surface area contributed by atoms with Gasteiger partial charge in [0.15, 0.2) is 0 Å². The van der Waals surface area contributed by atoms with E-state index in [-0.39, 0.29) is 11.9 Å². The molecule has 1 fully saturated rings. The number of aliphatic hydroxyl groups is 1. The van der Waals surface area contributed by atoms with Crippen LogP contribution in [0.4, 0.5) is 4.79 Å². The highest BCUT2D eigenvalue weighted by molar-refractivity contribution is 5.74. The molecule has 20 heavy (non-hydrogen) atoms. The van der Waals surface area contributed by atoms with Crippen LogP contribution in [-0.4, -0.2) is 35.2 Å². The molecule has 1 aromatic carbocycles. The summed E-state index contributed by atoms with van der Waals surface area (Å²) in [6.45, 7) is 5.84. The minimum Gasteiger partial charge on any atom is -0.391 e. The lowest BCUT2D eigenvalue weighted by Crippen LogP contribution is -2.49. The summed E-state index contributed by atoms with van der Waals surface area (Å²) in [5, 5.41) is 12.8. The van der Waals surface area contributed by atoms with Gasteiger partial charge >= 0.3 is 6.03 Å². The fourth-order valence-corrected chi connectivity index (χ4v) is 2.59. The van der Waals surface area contributed by atoms with Crippen LogP contribution in [0.1, 0.15) is 31.4 Å². The average Bonchev–Trinajstić information content (AvgIpc) is 2.47. The summed E-state index contributed by atoms with van der Waals surface area (Å²) >= 11 is 0. The lowest BCUT2D eigenvalue weighted by atomic mass is 9.96. The molecule has 0 saturated carbocycles. The Bertz CT molecular complexity index is 462. The number of benzene rings is 1. The van der Waals surface area contributed by atoms with Crippen LogP contribution in [0.3, 0.4) is 0 Å². The first-order chi connectivity index (χ1) is 9.61. The predicted molar refractivity (Wildman–Crippen MR) is 79.4 cm³/mol. The summed E-state index contributed by atoms with van der Waals surface area (Å²) in [5.74, 6) is 0.278. The molecule has 2 N–H and O–H groups in total. The largest absolute Gasteiger partial charge is 0.391 e. The zero-order chi connectivity index (χ0) is 14.5. The molecule has 1 aliphatic heterocycles. The van der Waals surface area contributed by atoms with E-state index in [4.69, 9.17) is 0 Å². The van der Waals surface area contributed by atoms with Gasteiger partial charge in [-0.15, -0.1) is 0 Å². The fraction of sp³-hybridized carbons (Fsp3) is 0.562. The number of carbonyl (C=O) groups excluding carboxylic acids is 1. The zero-order valence-electron chi connectivity index (χ0n) is 12.3. The van der Waals surface area contributed by atoms with Gasteiger partial charge in [-0.25, -0.2) is 4.79 Å². The van der Waals surface area contributed by atoms with Crippen molar-refractivity contribution in [1.29, 1.82) is 0 Å². The molecule has 1 saturated heterocycles. The molecule has 2 rings (SSSR count). The van der Waals surface area contributed by atoms with E-state index in [1.165, 1.54) is 5.56 Å². The third-order valence-electron chi connectivity index (χ3n) is 4.14. The van der Waals surface area contributed by atoms with Crippen LogP contribution in [0, 0.1) is 5.92 Å². The topological polar surface area (TPSA) is 52.6 Å². The lowest BCUT2D eigenvalue weighted by molar-refractivity contribution is 0.0435. The van der Waals surface area contributed by atoms with E-state index in [9.17, 15) is 9.90 Å². The Morgan fingerprint density at radius 1 is 1.40 bits per heavy atom. The maximum atomic E-state index is 12.1. The highest BCUT2D eigenvalue weighted by Crippen LogP contribution is 2.17. The number of hydrogen-bond acceptors (Lipinski definition) is 2. The van der Waals surface area contributed by atoms with Crippen molar-refractivity contribution in [3.8, 4) is 0 Å². The van der Waals surface area contributed by atoms with Crippen LogP contribution in [0.25, 0.3) is 0 Å². The van der Waals surface area contributed by atoms with Crippen molar-refractivity contribution in [3.05, 3.63) is 35.4 Å². The van der Waals surface area contributed by atoms with Crippen LogP contribution in [0.5, 0.6) is 0 Å². The zero-order valence-corrected chi connectivity index (χ0v) is 12.3. The second kappa shape index (κ2) is 6.75. The van der Waals surface area contributed by atoms with E-state index in [0.717, 1.165) is 24.9 Å². The summed E-state index contributed by atoms with van der Waals surface area (Å²) < 4.78 is 0. The highest BCUT2D eigenvalue weighted by Gasteiger charge is 2.27. The summed E-state index contributed by atoms with van der Waals surface area (Å²) in [5.41, 5.74) is 2.43. The van der Waals surface area contributed by atoms with Gasteiger partial charge in [-0.3, -0.25) is 0 Å². The molecule has 0 spiro atoms. The first-order valence-corrected chi connectivity index (χ1v) is 7.39. The standard InChI is InChI=1S/C16H24N2O2/c1-3-13-6-4-5-7-14(13)10-17-16(20)18-9-8-12(2)15(19)11-18/h4-7,12,15,19H,3,8-11H2,1-2H3,(H,17,20). The molecule has 1 aromatic rings. The van der Waals surface area contributed by atoms with Gasteiger partial charge in [0.05, 0.1) is 6.10 Å². The van der Waals surface area contributed by atoms with Crippen molar-refractivity contribution in [2.24, 2.45) is 5.92 Å². The van der Waals surface area contributed by atoms with E-state index >= 15 is 0 Å². The van der Waals surface area contributed by atoms with E-state index in [1.807, 2.05) is 25.1 Å². The molecule has 4 nitrogen and oxygen atoms in total. The maximum absolute atomic E-state index is 12.1. The Kier molecular flexibility index (Phi) is 5.01. The van der Waals surface area contributed by atoms with Gasteiger partial charge < -0.3 is 15.3 Å². The quantitative estimate of drug-likeness (QED) is 0.889. The normalized spacial score (nSPS) is 22.6. The van der Waals surface area contributed by atoms with Crippen LogP contribution in [0.2, 0.25) is 0 Å². The molecule has 0 aliphatic carbocycles. The number of aryl methyl sites for hydroxylation is 1. The Balaban J connectivity index is 1.89. The monoisotopic (exact) mass is 276 g/mol. The van der Waals surface area contributed by atoms with Gasteiger partial charge in [0, 0.05) is 19.6 Å². The number of piperidine rings is 1. The van der Waals surface area contributed by atoms with E-state index < -0.39 is 6.10 Å². The van der Waals surface area contributed by atoms with Crippen LogP contribution in [0.15, 0.2) is 24.3 Å². The predicted octanol–water partition coefficient (Wildman–Crippen LogP) is 2.16. The minimum absolute atomic E-state index is 0.0816. The second-order valence-electron chi connectivity index (χ2n) is 5.56. The third-order valence-corrected chi connectivity index (χ3v) is 4.14. The van der Waals surface area contributed by atoms with Gasteiger partial charge in [0.1, 0.15) is 0 Å². The van der Waals surface area contributed by atoms with Crippen molar-refractivity contribution in [1.82, 2.24) is 10.2 Å². The highest BCUT2D eigenvalue weighted by atomic mass is 16.3. The molecule has 110 valence electrons. The molecular weight excluding hydrogens is 252 g/mol. The van der Waals surface area contributed by atoms with Crippen molar-refractivity contribution in [3.63, 3.8) is 0 Å². The van der Waals surface area contributed by atoms with E-state index in [0.29, 0.717) is 13.1 Å². The van der Waals surface area contributed by atoms with Crippen molar-refractivity contribution in [2.75, 3.05) is 13.1 Å². The number of aliphatic hydroxyl groups excluding tert-OH is 1. The van der Waals surface area contributed by atoms with Crippen LogP contribution >= 0.6 is 0 Å². The maximum Gasteiger partial charge on any atom is 0.317 e. The SMILES string of the molecule is CCc1ccccc1CNC(=O)N1CCC(C)C(O)C1. The van der Waals surface area contributed by atoms with Gasteiger partial charge in [-0.2, -0.15) is 0 Å². The first kappa shape index (κ1) is 14.9. The molecule has 0 bridgehead atoms. The van der Waals surface area contributed by atoms with Crippen LogP contribution in [-0.2, 0) is 13.0 Å². The van der Waals surface area contributed by atoms with Crippen molar-refractivity contribution >= 4 is 6.03 Å². The third kappa shape index (κ3) is 3.51. The molecule has 1 aliphatic rings. The number of carbonyl (C=O) groups is 1. The number of amides is 2. The molecule has 2 atom stereocenters. The smallest absolute Gasteiger partial charge is 0.317 e.